The van der Waals surface area contributed by atoms with Crippen molar-refractivity contribution < 1.29 is 9.21 Å². The van der Waals surface area contributed by atoms with Crippen molar-refractivity contribution in [2.24, 2.45) is 0 Å². The van der Waals surface area contributed by atoms with Gasteiger partial charge in [-0.15, -0.1) is 11.3 Å². The van der Waals surface area contributed by atoms with Crippen LogP contribution in [0.15, 0.2) is 34.9 Å². The first-order chi connectivity index (χ1) is 13.2. The summed E-state index contributed by atoms with van der Waals surface area (Å²) in [7, 11) is 0. The van der Waals surface area contributed by atoms with Gasteiger partial charge in [-0.3, -0.25) is 4.79 Å². The topological polar surface area (TPSA) is 68.0 Å². The maximum absolute atomic E-state index is 12.3. The van der Waals surface area contributed by atoms with E-state index < -0.39 is 0 Å². The molecular weight excluding hydrogens is 358 g/mol. The van der Waals surface area contributed by atoms with Crippen LogP contribution >= 0.6 is 11.3 Å². The predicted octanol–water partition coefficient (Wildman–Crippen LogP) is 4.95. The number of nitrogens with zero attached hydrogens (tertiary/aromatic N) is 2. The Hall–Kier alpha value is -2.47. The number of thiazole rings is 1. The Labute approximate surface area is 162 Å². The summed E-state index contributed by atoms with van der Waals surface area (Å²) in [5.74, 6) is 1.26. The third-order valence-electron chi connectivity index (χ3n) is 4.80. The van der Waals surface area contributed by atoms with Crippen LogP contribution in [-0.2, 0) is 24.1 Å². The van der Waals surface area contributed by atoms with Crippen molar-refractivity contribution in [2.45, 2.75) is 51.9 Å². The second-order valence-electron chi connectivity index (χ2n) is 6.98. The number of anilines is 1. The number of amides is 1. The number of benzene rings is 1. The van der Waals surface area contributed by atoms with Gasteiger partial charge in [0.15, 0.2) is 16.8 Å². The van der Waals surface area contributed by atoms with Crippen molar-refractivity contribution >= 4 is 22.4 Å². The normalized spacial score (nSPS) is 13.8. The average Bonchev–Trinajstić information content (AvgIpc) is 3.22. The third kappa shape index (κ3) is 4.45. The highest BCUT2D eigenvalue weighted by molar-refractivity contribution is 7.15. The zero-order chi connectivity index (χ0) is 18.6. The number of nitrogens with one attached hydrogen (secondary N) is 1. The quantitative estimate of drug-likeness (QED) is 0.635. The number of hydrogen-bond donors (Lipinski definition) is 1. The Morgan fingerprint density at radius 1 is 1.19 bits per heavy atom. The highest BCUT2D eigenvalue weighted by atomic mass is 32.1. The highest BCUT2D eigenvalue weighted by Crippen LogP contribution is 2.29. The van der Waals surface area contributed by atoms with Crippen LogP contribution in [0.4, 0.5) is 5.13 Å². The zero-order valence-corrected chi connectivity index (χ0v) is 16.3. The van der Waals surface area contributed by atoms with E-state index in [1.165, 1.54) is 35.4 Å². The number of oxazole rings is 1. The lowest BCUT2D eigenvalue weighted by atomic mass is 10.1. The molecule has 0 radical (unpaired) electrons. The van der Waals surface area contributed by atoms with Gasteiger partial charge < -0.3 is 9.73 Å². The van der Waals surface area contributed by atoms with E-state index in [1.807, 2.05) is 24.3 Å². The largest absolute Gasteiger partial charge is 0.441 e. The van der Waals surface area contributed by atoms with E-state index in [2.05, 4.69) is 22.2 Å². The van der Waals surface area contributed by atoms with E-state index in [0.29, 0.717) is 18.7 Å². The van der Waals surface area contributed by atoms with Crippen LogP contribution in [0.1, 0.15) is 47.7 Å². The van der Waals surface area contributed by atoms with Gasteiger partial charge in [-0.25, -0.2) is 9.97 Å². The van der Waals surface area contributed by atoms with Crippen LogP contribution in [0.25, 0.3) is 11.3 Å². The maximum atomic E-state index is 12.3. The van der Waals surface area contributed by atoms with Gasteiger partial charge in [0.25, 0.3) is 0 Å². The van der Waals surface area contributed by atoms with Crippen LogP contribution in [0.2, 0.25) is 0 Å². The number of aromatic nitrogens is 2. The second-order valence-corrected chi connectivity index (χ2v) is 8.07. The minimum absolute atomic E-state index is 0.0472. The molecule has 0 bridgehead atoms. The summed E-state index contributed by atoms with van der Waals surface area (Å²) in [6.45, 7) is 2.05. The minimum atomic E-state index is -0.0472. The van der Waals surface area contributed by atoms with E-state index in [1.54, 1.807) is 17.5 Å². The Bertz CT molecular complexity index is 904. The Balaban J connectivity index is 1.32. The molecule has 2 aromatic heterocycles. The molecule has 5 nitrogen and oxygen atoms in total. The summed E-state index contributed by atoms with van der Waals surface area (Å²) in [6.07, 6.45) is 8.32. The lowest BCUT2D eigenvalue weighted by Crippen LogP contribution is -2.12. The molecule has 1 aromatic carbocycles. The molecule has 0 atom stereocenters. The number of aryl methyl sites for hydroxylation is 4. The van der Waals surface area contributed by atoms with Crippen molar-refractivity contribution in [1.29, 1.82) is 0 Å². The van der Waals surface area contributed by atoms with Crippen molar-refractivity contribution in [1.82, 2.24) is 9.97 Å². The molecule has 27 heavy (non-hydrogen) atoms. The Morgan fingerprint density at radius 2 is 2.00 bits per heavy atom. The molecule has 0 saturated carbocycles. The number of fused-ring (bicyclic) bond motifs is 1. The lowest BCUT2D eigenvalue weighted by Gasteiger charge is -2.00. The fourth-order valence-electron chi connectivity index (χ4n) is 3.26. The zero-order valence-electron chi connectivity index (χ0n) is 15.5. The van der Waals surface area contributed by atoms with Gasteiger partial charge >= 0.3 is 0 Å². The highest BCUT2D eigenvalue weighted by Gasteiger charge is 2.16. The summed E-state index contributed by atoms with van der Waals surface area (Å²) in [5.41, 5.74) is 3.37. The third-order valence-corrected chi connectivity index (χ3v) is 5.87. The van der Waals surface area contributed by atoms with Gasteiger partial charge in [0.05, 0.1) is 11.9 Å². The summed E-state index contributed by atoms with van der Waals surface area (Å²) >= 11 is 1.62. The van der Waals surface area contributed by atoms with Crippen LogP contribution in [0.3, 0.4) is 0 Å². The first-order valence-electron chi connectivity index (χ1n) is 9.47. The smallest absolute Gasteiger partial charge is 0.226 e. The number of rotatable bonds is 5. The maximum Gasteiger partial charge on any atom is 0.226 e. The molecular formula is C21H23N3O2S. The summed E-state index contributed by atoms with van der Waals surface area (Å²) in [6, 6.07) is 8.11. The van der Waals surface area contributed by atoms with Crippen LogP contribution in [0, 0.1) is 6.92 Å². The Kier molecular flexibility index (Phi) is 5.34. The molecule has 1 aliphatic rings. The molecule has 0 fully saturated rings. The van der Waals surface area contributed by atoms with Gasteiger partial charge in [0, 0.05) is 23.3 Å². The van der Waals surface area contributed by atoms with Crippen LogP contribution < -0.4 is 5.32 Å². The molecule has 1 aliphatic carbocycles. The standard InChI is InChI=1S/C21H23N3O2S/c1-14-7-9-15(10-8-14)17-13-22-20(26-17)12-11-19(25)24-21-23-16-5-3-2-4-6-18(16)27-21/h7-10,13H,2-6,11-12H2,1H3,(H,23,24,25). The van der Waals surface area contributed by atoms with Gasteiger partial charge in [-0.2, -0.15) is 0 Å². The second kappa shape index (κ2) is 8.05. The molecule has 140 valence electrons. The van der Waals surface area contributed by atoms with E-state index in [0.717, 1.165) is 29.3 Å². The van der Waals surface area contributed by atoms with E-state index in [9.17, 15) is 4.79 Å². The van der Waals surface area contributed by atoms with Gasteiger partial charge in [0.2, 0.25) is 5.91 Å². The summed E-state index contributed by atoms with van der Waals surface area (Å²) in [5, 5.41) is 3.66. The first kappa shape index (κ1) is 17.9. The van der Waals surface area contributed by atoms with Gasteiger partial charge in [-0.1, -0.05) is 36.2 Å². The van der Waals surface area contributed by atoms with Crippen molar-refractivity contribution in [3.05, 3.63) is 52.5 Å². The number of carbonyl (C=O) groups is 1. The molecule has 0 spiro atoms. The molecule has 0 aliphatic heterocycles. The lowest BCUT2D eigenvalue weighted by molar-refractivity contribution is -0.116. The van der Waals surface area contributed by atoms with Gasteiger partial charge in [0.1, 0.15) is 0 Å². The molecule has 0 saturated heterocycles. The minimum Gasteiger partial charge on any atom is -0.441 e. The fourth-order valence-corrected chi connectivity index (χ4v) is 4.33. The van der Waals surface area contributed by atoms with E-state index in [-0.39, 0.29) is 5.91 Å². The van der Waals surface area contributed by atoms with Crippen LogP contribution in [-0.4, -0.2) is 15.9 Å². The fraction of sp³-hybridized carbons (Fsp3) is 0.381. The summed E-state index contributed by atoms with van der Waals surface area (Å²) in [4.78, 5) is 22.5. The molecule has 2 heterocycles. The first-order valence-corrected chi connectivity index (χ1v) is 10.3. The number of hydrogen-bond acceptors (Lipinski definition) is 5. The van der Waals surface area contributed by atoms with Crippen molar-refractivity contribution in [3.8, 4) is 11.3 Å². The molecule has 1 N–H and O–H groups in total. The van der Waals surface area contributed by atoms with E-state index in [4.69, 9.17) is 4.42 Å². The molecule has 1 amide bonds. The SMILES string of the molecule is Cc1ccc(-c2cnc(CCC(=O)Nc3nc4c(s3)CCCCC4)o2)cc1. The van der Waals surface area contributed by atoms with Crippen molar-refractivity contribution in [2.75, 3.05) is 5.32 Å². The van der Waals surface area contributed by atoms with Crippen molar-refractivity contribution in [3.63, 3.8) is 0 Å². The average molecular weight is 382 g/mol. The number of carbonyl (C=O) groups excluding carboxylic acids is 1. The Morgan fingerprint density at radius 3 is 2.85 bits per heavy atom. The predicted molar refractivity (Wildman–Crippen MR) is 107 cm³/mol. The van der Waals surface area contributed by atoms with Gasteiger partial charge in [-0.05, 0) is 32.6 Å². The monoisotopic (exact) mass is 381 g/mol. The van der Waals surface area contributed by atoms with Crippen LogP contribution in [0.5, 0.6) is 0 Å². The van der Waals surface area contributed by atoms with E-state index >= 15 is 0 Å². The molecule has 4 rings (SSSR count). The molecule has 0 unspecified atom stereocenters. The molecule has 6 heteroatoms. The molecule has 3 aromatic rings. The summed E-state index contributed by atoms with van der Waals surface area (Å²) < 4.78 is 5.79.